The first-order valence-electron chi connectivity index (χ1n) is 7.02. The molecule has 19 heavy (non-hydrogen) atoms. The van der Waals surface area contributed by atoms with Gasteiger partial charge in [0.25, 0.3) is 0 Å². The first-order valence-corrected chi connectivity index (χ1v) is 7.02. The number of aromatic nitrogens is 2. The van der Waals surface area contributed by atoms with Crippen molar-refractivity contribution in [3.05, 3.63) is 30.0 Å². The van der Waals surface area contributed by atoms with E-state index in [-0.39, 0.29) is 5.60 Å². The predicted octanol–water partition coefficient (Wildman–Crippen LogP) is 2.52. The maximum absolute atomic E-state index is 6.12. The van der Waals surface area contributed by atoms with Gasteiger partial charge in [0.05, 0.1) is 18.3 Å². The van der Waals surface area contributed by atoms with E-state index < -0.39 is 0 Å². The van der Waals surface area contributed by atoms with E-state index >= 15 is 0 Å². The second kappa shape index (κ2) is 4.94. The summed E-state index contributed by atoms with van der Waals surface area (Å²) in [5, 5.41) is 8.35. The molecule has 0 aliphatic carbocycles. The second-order valence-corrected chi connectivity index (χ2v) is 5.49. The number of ether oxygens (including phenoxy) is 1. The zero-order valence-electron chi connectivity index (χ0n) is 11.6. The molecule has 102 valence electrons. The molecule has 0 bridgehead atoms. The van der Waals surface area contributed by atoms with Crippen LogP contribution in [-0.4, -0.2) is 41.3 Å². The number of rotatable bonds is 3. The van der Waals surface area contributed by atoms with Gasteiger partial charge in [0, 0.05) is 18.5 Å². The zero-order chi connectivity index (χ0) is 13.3. The number of fused-ring (bicyclic) bond motifs is 1. The minimum Gasteiger partial charge on any atom is -0.368 e. The fourth-order valence-electron chi connectivity index (χ4n) is 3.05. The van der Waals surface area contributed by atoms with Crippen LogP contribution >= 0.6 is 0 Å². The second-order valence-electron chi connectivity index (χ2n) is 5.49. The fraction of sp³-hybridized carbons (Fsp3) is 0.533. The van der Waals surface area contributed by atoms with E-state index in [4.69, 9.17) is 4.74 Å². The third-order valence-corrected chi connectivity index (χ3v) is 3.95. The molecule has 1 aliphatic rings. The topological polar surface area (TPSA) is 41.1 Å². The largest absolute Gasteiger partial charge is 0.368 e. The van der Waals surface area contributed by atoms with E-state index in [2.05, 4.69) is 47.1 Å². The average molecular weight is 259 g/mol. The highest BCUT2D eigenvalue weighted by molar-refractivity contribution is 5.82. The van der Waals surface area contributed by atoms with E-state index in [1.54, 1.807) is 0 Å². The summed E-state index contributed by atoms with van der Waals surface area (Å²) < 4.78 is 6.12. The molecule has 0 amide bonds. The Morgan fingerprint density at radius 3 is 3.21 bits per heavy atom. The number of hydrogen-bond donors (Lipinski definition) is 1. The van der Waals surface area contributed by atoms with Crippen LogP contribution in [0.4, 0.5) is 0 Å². The lowest BCUT2D eigenvalue weighted by atomic mass is 9.91. The Morgan fingerprint density at radius 2 is 2.37 bits per heavy atom. The van der Waals surface area contributed by atoms with E-state index in [1.165, 1.54) is 17.4 Å². The van der Waals surface area contributed by atoms with Crippen LogP contribution < -0.4 is 0 Å². The molecule has 1 saturated heterocycles. The van der Waals surface area contributed by atoms with Gasteiger partial charge in [-0.3, -0.25) is 10.00 Å². The van der Waals surface area contributed by atoms with Gasteiger partial charge in [0.2, 0.25) is 0 Å². The van der Waals surface area contributed by atoms with Crippen molar-refractivity contribution in [2.75, 3.05) is 26.2 Å². The van der Waals surface area contributed by atoms with Crippen molar-refractivity contribution < 1.29 is 4.74 Å². The molecule has 4 heteroatoms. The van der Waals surface area contributed by atoms with Crippen LogP contribution in [0.5, 0.6) is 0 Å². The Morgan fingerprint density at radius 1 is 1.47 bits per heavy atom. The third-order valence-electron chi connectivity index (χ3n) is 3.95. The molecule has 0 spiro atoms. The summed E-state index contributed by atoms with van der Waals surface area (Å²) in [4.78, 5) is 2.49. The zero-order valence-corrected chi connectivity index (χ0v) is 11.6. The van der Waals surface area contributed by atoms with Crippen molar-refractivity contribution in [2.45, 2.75) is 25.9 Å². The highest BCUT2D eigenvalue weighted by atomic mass is 16.5. The van der Waals surface area contributed by atoms with E-state index in [1.807, 2.05) is 6.20 Å². The van der Waals surface area contributed by atoms with Crippen molar-refractivity contribution in [1.82, 2.24) is 15.1 Å². The van der Waals surface area contributed by atoms with Gasteiger partial charge in [0.1, 0.15) is 5.60 Å². The van der Waals surface area contributed by atoms with E-state index in [9.17, 15) is 0 Å². The van der Waals surface area contributed by atoms with E-state index in [0.717, 1.165) is 31.8 Å². The maximum Gasteiger partial charge on any atom is 0.104 e. The number of nitrogens with one attached hydrogen (secondary N) is 1. The summed E-state index contributed by atoms with van der Waals surface area (Å²) >= 11 is 0. The van der Waals surface area contributed by atoms with Crippen molar-refractivity contribution in [2.24, 2.45) is 0 Å². The number of aromatic amines is 1. The van der Waals surface area contributed by atoms with Crippen molar-refractivity contribution >= 4 is 10.9 Å². The summed E-state index contributed by atoms with van der Waals surface area (Å²) in [6, 6.07) is 6.29. The summed E-state index contributed by atoms with van der Waals surface area (Å²) in [6.45, 7) is 8.33. The van der Waals surface area contributed by atoms with Gasteiger partial charge in [-0.1, -0.05) is 19.1 Å². The summed E-state index contributed by atoms with van der Waals surface area (Å²) in [5.74, 6) is 0. The van der Waals surface area contributed by atoms with Crippen LogP contribution in [0, 0.1) is 0 Å². The molecule has 3 rings (SSSR count). The minimum absolute atomic E-state index is 0.239. The van der Waals surface area contributed by atoms with Gasteiger partial charge in [-0.25, -0.2) is 0 Å². The molecule has 1 atom stereocenters. The predicted molar refractivity (Wildman–Crippen MR) is 76.1 cm³/mol. The Bertz CT molecular complexity index is 563. The molecule has 2 heterocycles. The molecule has 1 aromatic heterocycles. The van der Waals surface area contributed by atoms with Crippen molar-refractivity contribution in [3.8, 4) is 0 Å². The average Bonchev–Trinajstić information content (AvgIpc) is 2.87. The molecule has 1 fully saturated rings. The SMILES string of the molecule is CCCN1CCO[C@@](C)(c2cccc3[nH]ncc23)C1. The molecular weight excluding hydrogens is 238 g/mol. The van der Waals surface area contributed by atoms with Crippen LogP contribution in [0.15, 0.2) is 24.4 Å². The van der Waals surface area contributed by atoms with Crippen LogP contribution in [-0.2, 0) is 10.3 Å². The molecule has 1 aliphatic heterocycles. The molecule has 0 saturated carbocycles. The molecule has 0 unspecified atom stereocenters. The summed E-state index contributed by atoms with van der Waals surface area (Å²) in [6.07, 6.45) is 3.09. The van der Waals surface area contributed by atoms with Crippen LogP contribution in [0.1, 0.15) is 25.8 Å². The first-order chi connectivity index (χ1) is 9.23. The van der Waals surface area contributed by atoms with Crippen molar-refractivity contribution in [1.29, 1.82) is 0 Å². The highest BCUT2D eigenvalue weighted by Crippen LogP contribution is 2.33. The molecule has 1 aromatic carbocycles. The standard InChI is InChI=1S/C15H21N3O/c1-3-7-18-8-9-19-15(2,11-18)13-5-4-6-14-12(13)10-16-17-14/h4-6,10H,3,7-9,11H2,1-2H3,(H,16,17)/t15-/m1/s1. The number of benzene rings is 1. The number of hydrogen-bond acceptors (Lipinski definition) is 3. The molecule has 4 nitrogen and oxygen atoms in total. The molecule has 0 radical (unpaired) electrons. The lowest BCUT2D eigenvalue weighted by Crippen LogP contribution is -2.48. The van der Waals surface area contributed by atoms with Crippen molar-refractivity contribution in [3.63, 3.8) is 0 Å². The lowest BCUT2D eigenvalue weighted by Gasteiger charge is -2.41. The Kier molecular flexibility index (Phi) is 3.29. The van der Waals surface area contributed by atoms with Gasteiger partial charge in [-0.05, 0) is 31.5 Å². The maximum atomic E-state index is 6.12. The first kappa shape index (κ1) is 12.6. The molecule has 2 aromatic rings. The minimum atomic E-state index is -0.239. The van der Waals surface area contributed by atoms with E-state index in [0.29, 0.717) is 0 Å². The lowest BCUT2D eigenvalue weighted by molar-refractivity contribution is -0.102. The third kappa shape index (κ3) is 2.26. The smallest absolute Gasteiger partial charge is 0.104 e. The highest BCUT2D eigenvalue weighted by Gasteiger charge is 2.34. The monoisotopic (exact) mass is 259 g/mol. The van der Waals surface area contributed by atoms with Crippen LogP contribution in [0.3, 0.4) is 0 Å². The van der Waals surface area contributed by atoms with Crippen LogP contribution in [0.25, 0.3) is 10.9 Å². The van der Waals surface area contributed by atoms with Gasteiger partial charge in [0.15, 0.2) is 0 Å². The Labute approximate surface area is 113 Å². The van der Waals surface area contributed by atoms with Gasteiger partial charge >= 0.3 is 0 Å². The molecule has 1 N–H and O–H groups in total. The number of morpholine rings is 1. The summed E-state index contributed by atoms with van der Waals surface area (Å²) in [7, 11) is 0. The quantitative estimate of drug-likeness (QED) is 0.921. The van der Waals surface area contributed by atoms with Gasteiger partial charge < -0.3 is 4.74 Å². The normalized spacial score (nSPS) is 24.9. The number of H-pyrrole nitrogens is 1. The van der Waals surface area contributed by atoms with Gasteiger partial charge in [-0.2, -0.15) is 5.10 Å². The van der Waals surface area contributed by atoms with Gasteiger partial charge in [-0.15, -0.1) is 0 Å². The fourth-order valence-corrected chi connectivity index (χ4v) is 3.05. The Balaban J connectivity index is 1.97. The summed E-state index contributed by atoms with van der Waals surface area (Å²) in [5.41, 5.74) is 2.08. The van der Waals surface area contributed by atoms with Crippen LogP contribution in [0.2, 0.25) is 0 Å². The Hall–Kier alpha value is -1.39. The molecular formula is C15H21N3O. The number of nitrogens with zero attached hydrogens (tertiary/aromatic N) is 2.